The first kappa shape index (κ1) is 10.6. The highest BCUT2D eigenvalue weighted by Crippen LogP contribution is 2.27. The number of carboxylic acid groups (broad SMARTS) is 1. The molecule has 4 nitrogen and oxygen atoms in total. The van der Waals surface area contributed by atoms with Crippen molar-refractivity contribution >= 4 is 33.2 Å². The second-order valence-electron chi connectivity index (χ2n) is 2.53. The van der Waals surface area contributed by atoms with Crippen LogP contribution in [0.3, 0.4) is 0 Å². The summed E-state index contributed by atoms with van der Waals surface area (Å²) in [4.78, 5) is 11.3. The summed E-state index contributed by atoms with van der Waals surface area (Å²) in [5.74, 6) is -1.09. The standard InChI is InChI=1S/C7H9BrN2O2S/c8-4-2-1-3(13-4)5(9)6(10)7(11)12/h1-2,5-6H,9-10H2,(H,11,12). The second kappa shape index (κ2) is 4.19. The largest absolute Gasteiger partial charge is 0.480 e. The zero-order valence-corrected chi connectivity index (χ0v) is 9.01. The number of rotatable bonds is 3. The molecule has 13 heavy (non-hydrogen) atoms. The van der Waals surface area contributed by atoms with Gasteiger partial charge in [-0.2, -0.15) is 0 Å². The molecule has 1 heterocycles. The van der Waals surface area contributed by atoms with E-state index in [1.54, 1.807) is 6.07 Å². The van der Waals surface area contributed by atoms with Crippen LogP contribution in [0, 0.1) is 0 Å². The average Bonchev–Trinajstić information content (AvgIpc) is 2.49. The number of carbonyl (C=O) groups is 1. The van der Waals surface area contributed by atoms with Gasteiger partial charge >= 0.3 is 5.97 Å². The van der Waals surface area contributed by atoms with Gasteiger partial charge in [0.1, 0.15) is 6.04 Å². The zero-order valence-electron chi connectivity index (χ0n) is 6.61. The molecule has 1 aromatic heterocycles. The first-order valence-corrected chi connectivity index (χ1v) is 5.12. The molecule has 0 spiro atoms. The van der Waals surface area contributed by atoms with E-state index in [4.69, 9.17) is 16.6 Å². The minimum atomic E-state index is -1.09. The van der Waals surface area contributed by atoms with Crippen LogP contribution in [-0.2, 0) is 4.79 Å². The van der Waals surface area contributed by atoms with Gasteiger partial charge in [0.05, 0.1) is 9.83 Å². The topological polar surface area (TPSA) is 89.3 Å². The molecule has 0 radical (unpaired) electrons. The molecule has 72 valence electrons. The van der Waals surface area contributed by atoms with Crippen LogP contribution in [0.5, 0.6) is 0 Å². The van der Waals surface area contributed by atoms with E-state index in [0.717, 1.165) is 8.66 Å². The first-order valence-electron chi connectivity index (χ1n) is 3.51. The van der Waals surface area contributed by atoms with E-state index in [1.165, 1.54) is 11.3 Å². The molecule has 1 aromatic rings. The Morgan fingerprint density at radius 2 is 2.15 bits per heavy atom. The number of nitrogens with two attached hydrogens (primary N) is 2. The smallest absolute Gasteiger partial charge is 0.322 e. The van der Waals surface area contributed by atoms with E-state index in [1.807, 2.05) is 6.07 Å². The van der Waals surface area contributed by atoms with E-state index in [9.17, 15) is 4.79 Å². The molecule has 5 N–H and O–H groups in total. The summed E-state index contributed by atoms with van der Waals surface area (Å²) in [7, 11) is 0. The molecular formula is C7H9BrN2O2S. The Hall–Kier alpha value is -0.430. The van der Waals surface area contributed by atoms with E-state index in [0.29, 0.717) is 0 Å². The van der Waals surface area contributed by atoms with Crippen LogP contribution in [0.1, 0.15) is 10.9 Å². The van der Waals surface area contributed by atoms with Crippen molar-refractivity contribution in [2.75, 3.05) is 0 Å². The van der Waals surface area contributed by atoms with Crippen molar-refractivity contribution in [1.82, 2.24) is 0 Å². The Morgan fingerprint density at radius 1 is 1.54 bits per heavy atom. The maximum atomic E-state index is 10.5. The van der Waals surface area contributed by atoms with Crippen LogP contribution in [0.15, 0.2) is 15.9 Å². The highest BCUT2D eigenvalue weighted by atomic mass is 79.9. The van der Waals surface area contributed by atoms with Crippen molar-refractivity contribution < 1.29 is 9.90 Å². The van der Waals surface area contributed by atoms with Crippen LogP contribution in [0.25, 0.3) is 0 Å². The molecule has 2 atom stereocenters. The summed E-state index contributed by atoms with van der Waals surface area (Å²) < 4.78 is 0.913. The third-order valence-corrected chi connectivity index (χ3v) is 3.32. The minimum Gasteiger partial charge on any atom is -0.480 e. The Balaban J connectivity index is 2.78. The van der Waals surface area contributed by atoms with Crippen LogP contribution in [0.4, 0.5) is 0 Å². The normalized spacial score (nSPS) is 15.3. The molecule has 0 bridgehead atoms. The lowest BCUT2D eigenvalue weighted by Gasteiger charge is -2.13. The molecule has 0 fully saturated rings. The quantitative estimate of drug-likeness (QED) is 0.758. The highest BCUT2D eigenvalue weighted by molar-refractivity contribution is 9.11. The van der Waals surface area contributed by atoms with Crippen LogP contribution >= 0.6 is 27.3 Å². The fraction of sp³-hybridized carbons (Fsp3) is 0.286. The lowest BCUT2D eigenvalue weighted by atomic mass is 10.1. The lowest BCUT2D eigenvalue weighted by molar-refractivity contribution is -0.139. The fourth-order valence-electron chi connectivity index (χ4n) is 0.838. The van der Waals surface area contributed by atoms with Crippen LogP contribution < -0.4 is 11.5 Å². The van der Waals surface area contributed by atoms with Gasteiger partial charge in [-0.3, -0.25) is 4.79 Å². The molecule has 0 aliphatic heterocycles. The molecule has 0 saturated carbocycles. The molecule has 0 amide bonds. The van der Waals surface area contributed by atoms with Crippen molar-refractivity contribution in [3.63, 3.8) is 0 Å². The lowest BCUT2D eigenvalue weighted by Crippen LogP contribution is -2.40. The third kappa shape index (κ3) is 2.50. The summed E-state index contributed by atoms with van der Waals surface area (Å²) in [6, 6.07) is 1.88. The Kier molecular flexibility index (Phi) is 3.43. The number of aliphatic carboxylic acids is 1. The van der Waals surface area contributed by atoms with Crippen LogP contribution in [0.2, 0.25) is 0 Å². The number of halogens is 1. The average molecular weight is 265 g/mol. The number of hydrogen-bond donors (Lipinski definition) is 3. The van der Waals surface area contributed by atoms with Crippen molar-refractivity contribution in [3.05, 3.63) is 20.8 Å². The summed E-state index contributed by atoms with van der Waals surface area (Å²) >= 11 is 4.65. The van der Waals surface area contributed by atoms with E-state index in [-0.39, 0.29) is 0 Å². The van der Waals surface area contributed by atoms with Gasteiger partial charge in [-0.05, 0) is 28.1 Å². The van der Waals surface area contributed by atoms with E-state index < -0.39 is 18.1 Å². The maximum Gasteiger partial charge on any atom is 0.322 e. The first-order chi connectivity index (χ1) is 6.02. The van der Waals surface area contributed by atoms with Gasteiger partial charge in [0.25, 0.3) is 0 Å². The summed E-state index contributed by atoms with van der Waals surface area (Å²) in [6.07, 6.45) is 0. The van der Waals surface area contributed by atoms with Gasteiger partial charge in [0.2, 0.25) is 0 Å². The van der Waals surface area contributed by atoms with E-state index >= 15 is 0 Å². The summed E-state index contributed by atoms with van der Waals surface area (Å²) in [6.45, 7) is 0. The maximum absolute atomic E-state index is 10.5. The summed E-state index contributed by atoms with van der Waals surface area (Å²) in [5.41, 5.74) is 11.0. The molecule has 0 aromatic carbocycles. The molecule has 0 aliphatic rings. The predicted octanol–water partition coefficient (Wildman–Crippen LogP) is 0.922. The SMILES string of the molecule is NC(C(=O)O)C(N)c1ccc(Br)s1. The minimum absolute atomic E-state index is 0.645. The number of thiophene rings is 1. The fourth-order valence-corrected chi connectivity index (χ4v) is 2.31. The van der Waals surface area contributed by atoms with Gasteiger partial charge in [0, 0.05) is 4.88 Å². The second-order valence-corrected chi connectivity index (χ2v) is 5.03. The Labute approximate surface area is 87.7 Å². The predicted molar refractivity (Wildman–Crippen MR) is 54.6 cm³/mol. The van der Waals surface area contributed by atoms with Crippen molar-refractivity contribution in [2.45, 2.75) is 12.1 Å². The van der Waals surface area contributed by atoms with Gasteiger partial charge in [-0.1, -0.05) is 0 Å². The van der Waals surface area contributed by atoms with Crippen LogP contribution in [-0.4, -0.2) is 17.1 Å². The number of carboxylic acids is 1. The van der Waals surface area contributed by atoms with Gasteiger partial charge < -0.3 is 16.6 Å². The molecule has 0 saturated heterocycles. The van der Waals surface area contributed by atoms with Crippen molar-refractivity contribution in [2.24, 2.45) is 11.5 Å². The van der Waals surface area contributed by atoms with Gasteiger partial charge in [0.15, 0.2) is 0 Å². The monoisotopic (exact) mass is 264 g/mol. The molecule has 1 rings (SSSR count). The van der Waals surface area contributed by atoms with E-state index in [2.05, 4.69) is 15.9 Å². The van der Waals surface area contributed by atoms with Crippen molar-refractivity contribution in [1.29, 1.82) is 0 Å². The molecular weight excluding hydrogens is 256 g/mol. The van der Waals surface area contributed by atoms with Crippen molar-refractivity contribution in [3.8, 4) is 0 Å². The molecule has 6 heteroatoms. The molecule has 0 aliphatic carbocycles. The van der Waals surface area contributed by atoms with Gasteiger partial charge in [-0.15, -0.1) is 11.3 Å². The molecule has 2 unspecified atom stereocenters. The third-order valence-electron chi connectivity index (χ3n) is 1.59. The highest BCUT2D eigenvalue weighted by Gasteiger charge is 2.23. The summed E-state index contributed by atoms with van der Waals surface area (Å²) in [5, 5.41) is 8.61. The number of hydrogen-bond acceptors (Lipinski definition) is 4. The Bertz CT molecular complexity index is 315. The Morgan fingerprint density at radius 3 is 2.54 bits per heavy atom. The zero-order chi connectivity index (χ0) is 10.0. The van der Waals surface area contributed by atoms with Gasteiger partial charge in [-0.25, -0.2) is 0 Å².